The van der Waals surface area contributed by atoms with Crippen molar-refractivity contribution in [3.8, 4) is 0 Å². The molecule has 3 heterocycles. The summed E-state index contributed by atoms with van der Waals surface area (Å²) in [5.41, 5.74) is 3.10. The molecular formula is C22H29N3O3. The molecule has 6 heteroatoms. The van der Waals surface area contributed by atoms with Gasteiger partial charge in [-0.15, -0.1) is 0 Å². The molecule has 1 aromatic rings. The fraction of sp³-hybridized carbons (Fsp3) is 0.591. The quantitative estimate of drug-likeness (QED) is 0.797. The lowest BCUT2D eigenvalue weighted by Crippen LogP contribution is -2.52. The molecular weight excluding hydrogens is 354 g/mol. The van der Waals surface area contributed by atoms with E-state index in [0.29, 0.717) is 18.9 Å². The molecule has 1 atom stereocenters. The van der Waals surface area contributed by atoms with Crippen LogP contribution in [0.25, 0.3) is 0 Å². The summed E-state index contributed by atoms with van der Waals surface area (Å²) in [5, 5.41) is 2.37. The van der Waals surface area contributed by atoms with Crippen molar-refractivity contribution in [3.05, 3.63) is 34.9 Å². The third kappa shape index (κ3) is 3.34. The molecule has 6 nitrogen and oxygen atoms in total. The van der Waals surface area contributed by atoms with E-state index in [1.165, 1.54) is 0 Å². The first kappa shape index (κ1) is 19.1. The number of piperidine rings is 2. The maximum absolute atomic E-state index is 13.3. The van der Waals surface area contributed by atoms with Gasteiger partial charge in [0.1, 0.15) is 6.04 Å². The zero-order valence-corrected chi connectivity index (χ0v) is 17.0. The molecule has 3 aliphatic heterocycles. The van der Waals surface area contributed by atoms with E-state index >= 15 is 0 Å². The Balaban J connectivity index is 1.55. The Hall–Kier alpha value is -2.21. The summed E-state index contributed by atoms with van der Waals surface area (Å²) in [6, 6.07) is 5.56. The van der Waals surface area contributed by atoms with Gasteiger partial charge in [-0.2, -0.15) is 0 Å². The maximum Gasteiger partial charge on any atom is 0.255 e. The number of rotatable bonds is 2. The second-order valence-corrected chi connectivity index (χ2v) is 9.21. The number of fused-ring (bicyclic) bond motifs is 1. The van der Waals surface area contributed by atoms with E-state index in [9.17, 15) is 14.4 Å². The van der Waals surface area contributed by atoms with Gasteiger partial charge in [-0.1, -0.05) is 18.2 Å². The van der Waals surface area contributed by atoms with Gasteiger partial charge in [-0.05, 0) is 70.2 Å². The molecule has 0 bridgehead atoms. The van der Waals surface area contributed by atoms with Crippen molar-refractivity contribution in [2.24, 2.45) is 0 Å². The lowest BCUT2D eigenvalue weighted by molar-refractivity contribution is -0.136. The average molecular weight is 383 g/mol. The molecule has 1 unspecified atom stereocenters. The Morgan fingerprint density at radius 3 is 2.39 bits per heavy atom. The number of carbonyl (C=O) groups excluding carboxylic acids is 3. The summed E-state index contributed by atoms with van der Waals surface area (Å²) in [4.78, 5) is 41.1. The van der Waals surface area contributed by atoms with Gasteiger partial charge in [0, 0.05) is 24.1 Å². The smallest absolute Gasteiger partial charge is 0.255 e. The SMILES string of the molecule is CC(C)(C)N1CCC(c2cccc3c2C(=O)N(C2CCC(=O)NC2=O)C3)CC1. The van der Waals surface area contributed by atoms with E-state index in [4.69, 9.17) is 0 Å². The van der Waals surface area contributed by atoms with Crippen molar-refractivity contribution in [1.29, 1.82) is 0 Å². The summed E-state index contributed by atoms with van der Waals surface area (Å²) < 4.78 is 0. The molecule has 28 heavy (non-hydrogen) atoms. The monoisotopic (exact) mass is 383 g/mol. The fourth-order valence-corrected chi connectivity index (χ4v) is 4.84. The molecule has 0 saturated carbocycles. The molecule has 2 saturated heterocycles. The Morgan fingerprint density at radius 2 is 1.75 bits per heavy atom. The van der Waals surface area contributed by atoms with Crippen LogP contribution in [0.15, 0.2) is 18.2 Å². The van der Waals surface area contributed by atoms with Crippen LogP contribution in [0.4, 0.5) is 0 Å². The normalized spacial score (nSPS) is 24.5. The van der Waals surface area contributed by atoms with Gasteiger partial charge in [-0.3, -0.25) is 24.6 Å². The van der Waals surface area contributed by atoms with Crippen LogP contribution in [-0.4, -0.2) is 52.2 Å². The number of benzene rings is 1. The molecule has 3 amide bonds. The minimum absolute atomic E-state index is 0.0571. The summed E-state index contributed by atoms with van der Waals surface area (Å²) in [5.74, 6) is -0.285. The van der Waals surface area contributed by atoms with E-state index in [1.807, 2.05) is 12.1 Å². The van der Waals surface area contributed by atoms with Crippen LogP contribution in [0.1, 0.15) is 73.9 Å². The van der Waals surface area contributed by atoms with Crippen molar-refractivity contribution in [2.75, 3.05) is 13.1 Å². The predicted molar refractivity (Wildman–Crippen MR) is 106 cm³/mol. The summed E-state index contributed by atoms with van der Waals surface area (Å²) >= 11 is 0. The minimum Gasteiger partial charge on any atom is -0.322 e. The van der Waals surface area contributed by atoms with Gasteiger partial charge in [0.05, 0.1) is 0 Å². The van der Waals surface area contributed by atoms with Gasteiger partial charge in [0.15, 0.2) is 0 Å². The van der Waals surface area contributed by atoms with Crippen LogP contribution in [0.2, 0.25) is 0 Å². The lowest BCUT2D eigenvalue weighted by Gasteiger charge is -2.41. The number of hydrogen-bond donors (Lipinski definition) is 1. The minimum atomic E-state index is -0.548. The van der Waals surface area contributed by atoms with E-state index in [0.717, 1.165) is 42.6 Å². The Labute approximate surface area is 166 Å². The van der Waals surface area contributed by atoms with Crippen LogP contribution < -0.4 is 5.32 Å². The first-order valence-electron chi connectivity index (χ1n) is 10.3. The van der Waals surface area contributed by atoms with Crippen LogP contribution in [0.3, 0.4) is 0 Å². The lowest BCUT2D eigenvalue weighted by atomic mass is 9.84. The zero-order valence-electron chi connectivity index (χ0n) is 17.0. The second kappa shape index (κ2) is 6.99. The van der Waals surface area contributed by atoms with Crippen molar-refractivity contribution in [1.82, 2.24) is 15.1 Å². The highest BCUT2D eigenvalue weighted by Gasteiger charge is 2.41. The standard InChI is InChI=1S/C22H29N3O3/c1-22(2,3)24-11-9-14(10-12-24)16-6-4-5-15-13-25(21(28)19(15)16)17-7-8-18(26)23-20(17)27/h4-6,14,17H,7-13H2,1-3H3,(H,23,26,27). The molecule has 0 aromatic heterocycles. The largest absolute Gasteiger partial charge is 0.322 e. The van der Waals surface area contributed by atoms with Crippen molar-refractivity contribution in [3.63, 3.8) is 0 Å². The number of hydrogen-bond acceptors (Lipinski definition) is 4. The third-order valence-corrected chi connectivity index (χ3v) is 6.47. The molecule has 2 fully saturated rings. The van der Waals surface area contributed by atoms with Gasteiger partial charge in [0.2, 0.25) is 11.8 Å². The van der Waals surface area contributed by atoms with Crippen LogP contribution in [0.5, 0.6) is 0 Å². The molecule has 0 aliphatic carbocycles. The van der Waals surface area contributed by atoms with E-state index < -0.39 is 6.04 Å². The van der Waals surface area contributed by atoms with E-state index in [1.54, 1.807) is 4.90 Å². The average Bonchev–Trinajstić information content (AvgIpc) is 2.98. The Morgan fingerprint density at radius 1 is 1.04 bits per heavy atom. The summed E-state index contributed by atoms with van der Waals surface area (Å²) in [6.45, 7) is 9.25. The third-order valence-electron chi connectivity index (χ3n) is 6.47. The Kier molecular flexibility index (Phi) is 4.78. The highest BCUT2D eigenvalue weighted by molar-refractivity contribution is 6.06. The number of nitrogens with zero attached hydrogens (tertiary/aromatic N) is 2. The molecule has 1 N–H and O–H groups in total. The van der Waals surface area contributed by atoms with Gasteiger partial charge in [0.25, 0.3) is 5.91 Å². The molecule has 0 radical (unpaired) electrons. The fourth-order valence-electron chi connectivity index (χ4n) is 4.84. The molecule has 0 spiro atoms. The Bertz CT molecular complexity index is 819. The highest BCUT2D eigenvalue weighted by Crippen LogP contribution is 2.37. The van der Waals surface area contributed by atoms with Crippen LogP contribution in [0, 0.1) is 0 Å². The van der Waals surface area contributed by atoms with Crippen molar-refractivity contribution in [2.45, 2.75) is 70.5 Å². The second-order valence-electron chi connectivity index (χ2n) is 9.21. The number of carbonyl (C=O) groups is 3. The first-order chi connectivity index (χ1) is 13.3. The topological polar surface area (TPSA) is 69.7 Å². The zero-order chi connectivity index (χ0) is 20.1. The maximum atomic E-state index is 13.3. The molecule has 4 rings (SSSR count). The van der Waals surface area contributed by atoms with Crippen molar-refractivity contribution < 1.29 is 14.4 Å². The van der Waals surface area contributed by atoms with Crippen LogP contribution in [-0.2, 0) is 16.1 Å². The van der Waals surface area contributed by atoms with Gasteiger partial charge < -0.3 is 4.90 Å². The predicted octanol–water partition coefficient (Wildman–Crippen LogP) is 2.43. The summed E-state index contributed by atoms with van der Waals surface area (Å²) in [6.07, 6.45) is 2.77. The highest BCUT2D eigenvalue weighted by atomic mass is 16.2. The number of imide groups is 1. The van der Waals surface area contributed by atoms with Gasteiger partial charge >= 0.3 is 0 Å². The molecule has 3 aliphatic rings. The van der Waals surface area contributed by atoms with E-state index in [-0.39, 0.29) is 29.7 Å². The molecule has 150 valence electrons. The van der Waals surface area contributed by atoms with Crippen LogP contribution >= 0.6 is 0 Å². The van der Waals surface area contributed by atoms with E-state index in [2.05, 4.69) is 37.1 Å². The first-order valence-corrected chi connectivity index (χ1v) is 10.3. The van der Waals surface area contributed by atoms with Crippen molar-refractivity contribution >= 4 is 17.7 Å². The molecule has 1 aromatic carbocycles. The van der Waals surface area contributed by atoms with Gasteiger partial charge in [-0.25, -0.2) is 0 Å². The number of amides is 3. The summed E-state index contributed by atoms with van der Waals surface area (Å²) in [7, 11) is 0. The number of likely N-dealkylation sites (tertiary alicyclic amines) is 1. The number of nitrogens with one attached hydrogen (secondary N) is 1.